The number of methoxy groups -OCH3 is 1. The Hall–Kier alpha value is -0.440. The van der Waals surface area contributed by atoms with Gasteiger partial charge in [0.05, 0.1) is 12.1 Å². The molecule has 0 radical (unpaired) electrons. The second-order valence-corrected chi connectivity index (χ2v) is 7.65. The van der Waals surface area contributed by atoms with Crippen molar-refractivity contribution in [3.63, 3.8) is 0 Å². The molecule has 4 heteroatoms. The monoisotopic (exact) mass is 325 g/mol. The second kappa shape index (κ2) is 5.04. The first-order valence-corrected chi connectivity index (χ1v) is 8.61. The summed E-state index contributed by atoms with van der Waals surface area (Å²) in [5.74, 6) is 5.15. The fraction of sp³-hybridized carbons (Fsp3) is 0.647. The van der Waals surface area contributed by atoms with Gasteiger partial charge in [0, 0.05) is 17.1 Å². The maximum atomic E-state index is 6.49. The van der Waals surface area contributed by atoms with E-state index in [9.17, 15) is 0 Å². The van der Waals surface area contributed by atoms with E-state index in [0.29, 0.717) is 16.8 Å². The molecule has 0 spiro atoms. The summed E-state index contributed by atoms with van der Waals surface area (Å²) in [6.45, 7) is 0. The third kappa shape index (κ3) is 2.03. The van der Waals surface area contributed by atoms with Crippen LogP contribution >= 0.6 is 23.2 Å². The summed E-state index contributed by atoms with van der Waals surface area (Å²) in [6, 6.07) is 4.15. The van der Waals surface area contributed by atoms with Crippen LogP contribution in [0.4, 0.5) is 0 Å². The van der Waals surface area contributed by atoms with E-state index >= 15 is 0 Å². The summed E-state index contributed by atoms with van der Waals surface area (Å²) in [5.41, 5.74) is 1.13. The molecule has 3 aliphatic rings. The normalized spacial score (nSPS) is 37.4. The lowest BCUT2D eigenvalue weighted by Crippen LogP contribution is -2.22. The summed E-state index contributed by atoms with van der Waals surface area (Å²) in [4.78, 5) is 0. The van der Waals surface area contributed by atoms with Crippen molar-refractivity contribution in [2.75, 3.05) is 14.2 Å². The van der Waals surface area contributed by atoms with Gasteiger partial charge >= 0.3 is 0 Å². The lowest BCUT2D eigenvalue weighted by molar-refractivity contribution is 0.384. The van der Waals surface area contributed by atoms with Gasteiger partial charge in [-0.2, -0.15) is 0 Å². The first-order valence-electron chi connectivity index (χ1n) is 7.86. The number of fused-ring (bicyclic) bond motifs is 5. The molecule has 1 aromatic carbocycles. The Bertz CT molecular complexity index is 560. The van der Waals surface area contributed by atoms with Crippen molar-refractivity contribution in [3.8, 4) is 5.75 Å². The van der Waals surface area contributed by atoms with E-state index in [1.165, 1.54) is 19.3 Å². The molecule has 1 N–H and O–H groups in total. The Kier molecular flexibility index (Phi) is 3.40. The number of rotatable bonds is 4. The van der Waals surface area contributed by atoms with E-state index in [1.807, 2.05) is 19.2 Å². The maximum Gasteiger partial charge on any atom is 0.138 e. The van der Waals surface area contributed by atoms with Crippen molar-refractivity contribution in [2.45, 2.75) is 25.3 Å². The Morgan fingerprint density at radius 2 is 1.81 bits per heavy atom. The Balaban J connectivity index is 1.64. The molecule has 0 heterocycles. The van der Waals surface area contributed by atoms with Crippen LogP contribution in [0, 0.1) is 29.6 Å². The van der Waals surface area contributed by atoms with Gasteiger partial charge in [0.1, 0.15) is 5.75 Å². The summed E-state index contributed by atoms with van der Waals surface area (Å²) in [5, 5.41) is 4.90. The number of hydrogen-bond donors (Lipinski definition) is 1. The van der Waals surface area contributed by atoms with Gasteiger partial charge in [-0.25, -0.2) is 0 Å². The van der Waals surface area contributed by atoms with Gasteiger partial charge in [-0.1, -0.05) is 23.2 Å². The second-order valence-electron chi connectivity index (χ2n) is 6.84. The van der Waals surface area contributed by atoms with Crippen molar-refractivity contribution in [2.24, 2.45) is 29.6 Å². The highest BCUT2D eigenvalue weighted by Crippen LogP contribution is 2.72. The molecule has 0 amide bonds. The van der Waals surface area contributed by atoms with Crippen LogP contribution in [0.2, 0.25) is 10.0 Å². The van der Waals surface area contributed by atoms with Crippen LogP contribution in [0.25, 0.3) is 0 Å². The number of hydrogen-bond acceptors (Lipinski definition) is 2. The molecule has 114 valence electrons. The SMILES string of the molecule is CNC(c1cc(Cl)c(OC)cc1Cl)C1C2C3CCC(C3)C21. The van der Waals surface area contributed by atoms with Crippen LogP contribution in [-0.4, -0.2) is 14.2 Å². The lowest BCUT2D eigenvalue weighted by atomic mass is 9.93. The fourth-order valence-electron chi connectivity index (χ4n) is 5.33. The zero-order valence-corrected chi connectivity index (χ0v) is 13.9. The van der Waals surface area contributed by atoms with Gasteiger partial charge < -0.3 is 10.1 Å². The van der Waals surface area contributed by atoms with Crippen molar-refractivity contribution in [1.29, 1.82) is 0 Å². The Morgan fingerprint density at radius 1 is 1.14 bits per heavy atom. The summed E-state index contributed by atoms with van der Waals surface area (Å²) in [7, 11) is 3.66. The van der Waals surface area contributed by atoms with Crippen LogP contribution in [0.5, 0.6) is 5.75 Å². The third-order valence-electron chi connectivity index (χ3n) is 6.10. The van der Waals surface area contributed by atoms with E-state index < -0.39 is 0 Å². The fourth-order valence-corrected chi connectivity index (χ4v) is 5.85. The average molecular weight is 326 g/mol. The van der Waals surface area contributed by atoms with Gasteiger partial charge in [-0.3, -0.25) is 0 Å². The first-order chi connectivity index (χ1) is 10.2. The Morgan fingerprint density at radius 3 is 2.38 bits per heavy atom. The lowest BCUT2D eigenvalue weighted by Gasteiger charge is -2.22. The van der Waals surface area contributed by atoms with E-state index in [1.54, 1.807) is 7.11 Å². The van der Waals surface area contributed by atoms with Crippen molar-refractivity contribution in [1.82, 2.24) is 5.32 Å². The molecule has 2 nitrogen and oxygen atoms in total. The van der Waals surface area contributed by atoms with Gasteiger partial charge in [0.25, 0.3) is 0 Å². The molecular formula is C17H21Cl2NO. The first kappa shape index (κ1) is 14.2. The van der Waals surface area contributed by atoms with Crippen LogP contribution in [0.15, 0.2) is 12.1 Å². The molecule has 2 bridgehead atoms. The van der Waals surface area contributed by atoms with Crippen molar-refractivity contribution < 1.29 is 4.74 Å². The van der Waals surface area contributed by atoms with Crippen LogP contribution in [0.1, 0.15) is 30.9 Å². The quantitative estimate of drug-likeness (QED) is 0.876. The molecule has 0 aromatic heterocycles. The zero-order valence-electron chi connectivity index (χ0n) is 12.4. The van der Waals surface area contributed by atoms with E-state index in [4.69, 9.17) is 27.9 Å². The van der Waals surface area contributed by atoms with E-state index in [-0.39, 0.29) is 0 Å². The minimum absolute atomic E-state index is 0.319. The van der Waals surface area contributed by atoms with Crippen LogP contribution in [-0.2, 0) is 0 Å². The van der Waals surface area contributed by atoms with Gasteiger partial charge in [0.2, 0.25) is 0 Å². The molecule has 21 heavy (non-hydrogen) atoms. The summed E-state index contributed by atoms with van der Waals surface area (Å²) >= 11 is 12.8. The zero-order chi connectivity index (χ0) is 14.7. The minimum Gasteiger partial charge on any atom is -0.495 e. The maximum absolute atomic E-state index is 6.49. The highest BCUT2D eigenvalue weighted by molar-refractivity contribution is 6.34. The molecular weight excluding hydrogens is 305 g/mol. The number of halogens is 2. The van der Waals surface area contributed by atoms with E-state index in [0.717, 1.165) is 40.2 Å². The molecule has 3 fully saturated rings. The molecule has 0 saturated heterocycles. The molecule has 3 aliphatic carbocycles. The summed E-state index contributed by atoms with van der Waals surface area (Å²) in [6.07, 6.45) is 4.35. The molecule has 5 atom stereocenters. The predicted molar refractivity (Wildman–Crippen MR) is 86.1 cm³/mol. The van der Waals surface area contributed by atoms with Crippen LogP contribution < -0.4 is 10.1 Å². The highest BCUT2D eigenvalue weighted by Gasteiger charge is 2.66. The highest BCUT2D eigenvalue weighted by atomic mass is 35.5. The smallest absolute Gasteiger partial charge is 0.138 e. The molecule has 5 unspecified atom stereocenters. The number of nitrogens with one attached hydrogen (secondary N) is 1. The molecule has 3 saturated carbocycles. The average Bonchev–Trinajstić information content (AvgIpc) is 2.90. The third-order valence-corrected chi connectivity index (χ3v) is 6.72. The van der Waals surface area contributed by atoms with E-state index in [2.05, 4.69) is 5.32 Å². The van der Waals surface area contributed by atoms with Crippen molar-refractivity contribution in [3.05, 3.63) is 27.7 Å². The number of ether oxygens (including phenoxy) is 1. The Labute approximate surface area is 136 Å². The van der Waals surface area contributed by atoms with Gasteiger partial charge in [-0.05, 0) is 67.5 Å². The minimum atomic E-state index is 0.319. The predicted octanol–water partition coefficient (Wildman–Crippen LogP) is 4.55. The molecule has 4 rings (SSSR count). The van der Waals surface area contributed by atoms with Crippen molar-refractivity contribution >= 4 is 23.2 Å². The number of benzene rings is 1. The topological polar surface area (TPSA) is 21.3 Å². The molecule has 1 aromatic rings. The molecule has 0 aliphatic heterocycles. The standard InChI is InChI=1S/C17H21Cl2NO/c1-20-17(10-6-12(19)13(21-2)7-11(10)18)16-14-8-3-4-9(5-8)15(14)16/h6-9,14-17,20H,3-5H2,1-2H3. The van der Waals surface area contributed by atoms with Crippen LogP contribution in [0.3, 0.4) is 0 Å². The summed E-state index contributed by atoms with van der Waals surface area (Å²) < 4.78 is 5.25. The largest absolute Gasteiger partial charge is 0.495 e. The van der Waals surface area contributed by atoms with Gasteiger partial charge in [0.15, 0.2) is 0 Å². The van der Waals surface area contributed by atoms with Gasteiger partial charge in [-0.15, -0.1) is 0 Å².